The minimum atomic E-state index is -0.303. The number of unbranched alkanes of at least 4 members (excludes halogenated alkanes) is 3. The molecule has 0 aromatic heterocycles. The Labute approximate surface area is 168 Å². The summed E-state index contributed by atoms with van der Waals surface area (Å²) < 4.78 is 6.62. The molecule has 4 nitrogen and oxygen atoms in total. The van der Waals surface area contributed by atoms with Crippen molar-refractivity contribution in [3.05, 3.63) is 58.6 Å². The van der Waals surface area contributed by atoms with Crippen LogP contribution < -0.4 is 15.4 Å². The van der Waals surface area contributed by atoms with Crippen LogP contribution in [0, 0.1) is 0 Å². The molecule has 0 spiro atoms. The minimum Gasteiger partial charge on any atom is -0.493 e. The highest BCUT2D eigenvalue weighted by Gasteiger charge is 2.15. The van der Waals surface area contributed by atoms with Crippen LogP contribution in [0.3, 0.4) is 0 Å². The van der Waals surface area contributed by atoms with Crippen LogP contribution in [0.15, 0.2) is 53.0 Å². The molecule has 0 aliphatic heterocycles. The molecule has 0 aliphatic carbocycles. The molecule has 0 unspecified atom stereocenters. The first-order valence-electron chi connectivity index (χ1n) is 8.70. The first kappa shape index (κ1) is 20.4. The summed E-state index contributed by atoms with van der Waals surface area (Å²) in [5.41, 5.74) is 1.27. The number of thiocarbonyl (C=S) groups is 1. The van der Waals surface area contributed by atoms with E-state index in [9.17, 15) is 4.79 Å². The molecule has 0 atom stereocenters. The van der Waals surface area contributed by atoms with E-state index >= 15 is 0 Å². The van der Waals surface area contributed by atoms with Crippen LogP contribution in [0.2, 0.25) is 0 Å². The molecule has 138 valence electrons. The number of carbonyl (C=O) groups excluding carboxylic acids is 1. The van der Waals surface area contributed by atoms with Crippen molar-refractivity contribution >= 4 is 44.9 Å². The van der Waals surface area contributed by atoms with E-state index in [1.54, 1.807) is 12.1 Å². The molecule has 2 aromatic carbocycles. The van der Waals surface area contributed by atoms with Gasteiger partial charge in [-0.25, -0.2) is 0 Å². The van der Waals surface area contributed by atoms with Gasteiger partial charge in [-0.2, -0.15) is 0 Å². The Morgan fingerprint density at radius 1 is 1.12 bits per heavy atom. The number of carbonyl (C=O) groups is 1. The lowest BCUT2D eigenvalue weighted by molar-refractivity contribution is 0.0973. The predicted molar refractivity (Wildman–Crippen MR) is 114 cm³/mol. The number of benzene rings is 2. The Kier molecular flexibility index (Phi) is 8.58. The third-order valence-corrected chi connectivity index (χ3v) is 4.40. The summed E-state index contributed by atoms with van der Waals surface area (Å²) in [4.78, 5) is 12.6. The highest BCUT2D eigenvalue weighted by Crippen LogP contribution is 2.23. The van der Waals surface area contributed by atoms with Crippen molar-refractivity contribution in [2.45, 2.75) is 32.6 Å². The Balaban J connectivity index is 1.98. The zero-order chi connectivity index (χ0) is 18.8. The van der Waals surface area contributed by atoms with Gasteiger partial charge in [0, 0.05) is 10.2 Å². The molecule has 0 saturated carbocycles. The second kappa shape index (κ2) is 10.9. The fourth-order valence-electron chi connectivity index (χ4n) is 2.37. The van der Waals surface area contributed by atoms with Crippen LogP contribution in [0.5, 0.6) is 5.75 Å². The summed E-state index contributed by atoms with van der Waals surface area (Å²) in [5, 5.41) is 5.94. The molecular weight excluding hydrogens is 412 g/mol. The lowest BCUT2D eigenvalue weighted by Gasteiger charge is -2.13. The van der Waals surface area contributed by atoms with Gasteiger partial charge < -0.3 is 10.1 Å². The van der Waals surface area contributed by atoms with Gasteiger partial charge in [-0.3, -0.25) is 10.1 Å². The highest BCUT2D eigenvalue weighted by molar-refractivity contribution is 9.10. The number of halogens is 1. The molecule has 0 bridgehead atoms. The van der Waals surface area contributed by atoms with E-state index in [2.05, 4.69) is 33.5 Å². The second-order valence-electron chi connectivity index (χ2n) is 5.82. The Morgan fingerprint density at radius 2 is 1.88 bits per heavy atom. The number of hydrogen-bond acceptors (Lipinski definition) is 3. The Bertz CT molecular complexity index is 738. The van der Waals surface area contributed by atoms with E-state index in [1.807, 2.05) is 36.4 Å². The largest absolute Gasteiger partial charge is 0.493 e. The molecule has 0 aliphatic rings. The SMILES string of the molecule is CCCCCCOc1ccc(Br)cc1C(=O)NC(=S)Nc1ccccc1. The fourth-order valence-corrected chi connectivity index (χ4v) is 2.94. The van der Waals surface area contributed by atoms with Gasteiger partial charge in [-0.1, -0.05) is 60.3 Å². The van der Waals surface area contributed by atoms with Crippen LogP contribution in [-0.4, -0.2) is 17.6 Å². The van der Waals surface area contributed by atoms with Crippen molar-refractivity contribution in [3.8, 4) is 5.75 Å². The van der Waals surface area contributed by atoms with Gasteiger partial charge >= 0.3 is 0 Å². The lowest BCUT2D eigenvalue weighted by Crippen LogP contribution is -2.34. The zero-order valence-electron chi connectivity index (χ0n) is 14.8. The number of nitrogens with one attached hydrogen (secondary N) is 2. The number of rotatable bonds is 8. The number of hydrogen-bond donors (Lipinski definition) is 2. The van der Waals surface area contributed by atoms with Crippen molar-refractivity contribution in [3.63, 3.8) is 0 Å². The summed E-state index contributed by atoms with van der Waals surface area (Å²) in [5.74, 6) is 0.257. The van der Waals surface area contributed by atoms with E-state index in [0.29, 0.717) is 17.9 Å². The zero-order valence-corrected chi connectivity index (χ0v) is 17.2. The van der Waals surface area contributed by atoms with Crippen molar-refractivity contribution in [1.29, 1.82) is 0 Å². The molecule has 0 radical (unpaired) electrons. The average molecular weight is 435 g/mol. The lowest BCUT2D eigenvalue weighted by atomic mass is 10.2. The molecule has 2 aromatic rings. The molecule has 2 N–H and O–H groups in total. The summed E-state index contributed by atoms with van der Waals surface area (Å²) in [6, 6.07) is 14.9. The van der Waals surface area contributed by atoms with Crippen LogP contribution in [0.25, 0.3) is 0 Å². The van der Waals surface area contributed by atoms with Gasteiger partial charge in [0.05, 0.1) is 12.2 Å². The van der Waals surface area contributed by atoms with Gasteiger partial charge in [-0.15, -0.1) is 0 Å². The average Bonchev–Trinajstić information content (AvgIpc) is 2.63. The number of amides is 1. The van der Waals surface area contributed by atoms with E-state index in [1.165, 1.54) is 12.8 Å². The summed E-state index contributed by atoms with van der Waals surface area (Å²) in [6.45, 7) is 2.76. The number of para-hydroxylation sites is 1. The maximum Gasteiger partial charge on any atom is 0.261 e. The maximum absolute atomic E-state index is 12.6. The molecule has 0 heterocycles. The van der Waals surface area contributed by atoms with Gasteiger partial charge in [-0.05, 0) is 49.0 Å². The van der Waals surface area contributed by atoms with Crippen LogP contribution in [0.1, 0.15) is 43.0 Å². The maximum atomic E-state index is 12.6. The van der Waals surface area contributed by atoms with Crippen LogP contribution in [-0.2, 0) is 0 Å². The quantitative estimate of drug-likeness (QED) is 0.423. The Morgan fingerprint density at radius 3 is 2.62 bits per heavy atom. The van der Waals surface area contributed by atoms with Gasteiger partial charge in [0.15, 0.2) is 5.11 Å². The van der Waals surface area contributed by atoms with Crippen LogP contribution >= 0.6 is 28.1 Å². The first-order chi connectivity index (χ1) is 12.6. The molecule has 0 fully saturated rings. The minimum absolute atomic E-state index is 0.245. The molecular formula is C20H23BrN2O2S. The van der Waals surface area contributed by atoms with E-state index in [-0.39, 0.29) is 11.0 Å². The first-order valence-corrected chi connectivity index (χ1v) is 9.90. The Hall–Kier alpha value is -1.92. The number of ether oxygens (including phenoxy) is 1. The highest BCUT2D eigenvalue weighted by atomic mass is 79.9. The predicted octanol–water partition coefficient (Wildman–Crippen LogP) is 5.54. The van der Waals surface area contributed by atoms with Crippen LogP contribution in [0.4, 0.5) is 5.69 Å². The topological polar surface area (TPSA) is 50.4 Å². The normalized spacial score (nSPS) is 10.2. The van der Waals surface area contributed by atoms with E-state index in [4.69, 9.17) is 17.0 Å². The van der Waals surface area contributed by atoms with Gasteiger partial charge in [0.25, 0.3) is 5.91 Å². The van der Waals surface area contributed by atoms with E-state index in [0.717, 1.165) is 23.0 Å². The standard InChI is InChI=1S/C20H23BrN2O2S/c1-2-3-4-8-13-25-18-12-11-15(21)14-17(18)19(24)23-20(26)22-16-9-6-5-7-10-16/h5-7,9-12,14H,2-4,8,13H2,1H3,(H2,22,23,24,26). The monoisotopic (exact) mass is 434 g/mol. The number of anilines is 1. The third-order valence-electron chi connectivity index (χ3n) is 3.70. The molecule has 26 heavy (non-hydrogen) atoms. The van der Waals surface area contributed by atoms with Gasteiger partial charge in [0.2, 0.25) is 0 Å². The fraction of sp³-hybridized carbons (Fsp3) is 0.300. The smallest absolute Gasteiger partial charge is 0.261 e. The summed E-state index contributed by atoms with van der Waals surface area (Å²) in [6.07, 6.45) is 4.47. The van der Waals surface area contributed by atoms with Crippen molar-refractivity contribution < 1.29 is 9.53 Å². The summed E-state index contributed by atoms with van der Waals surface area (Å²) in [7, 11) is 0. The molecule has 2 rings (SSSR count). The van der Waals surface area contributed by atoms with Gasteiger partial charge in [0.1, 0.15) is 5.75 Å². The van der Waals surface area contributed by atoms with Crippen molar-refractivity contribution in [2.75, 3.05) is 11.9 Å². The third kappa shape index (κ3) is 6.77. The molecule has 6 heteroatoms. The van der Waals surface area contributed by atoms with Crippen molar-refractivity contribution in [1.82, 2.24) is 5.32 Å². The molecule has 1 amide bonds. The van der Waals surface area contributed by atoms with Crippen molar-refractivity contribution in [2.24, 2.45) is 0 Å². The van der Waals surface area contributed by atoms with E-state index < -0.39 is 0 Å². The summed E-state index contributed by atoms with van der Waals surface area (Å²) >= 11 is 8.63. The molecule has 0 saturated heterocycles. The second-order valence-corrected chi connectivity index (χ2v) is 7.15.